The van der Waals surface area contributed by atoms with Crippen molar-refractivity contribution in [2.24, 2.45) is 5.73 Å². The lowest BCUT2D eigenvalue weighted by Gasteiger charge is -2.12. The Kier molecular flexibility index (Phi) is 4.67. The van der Waals surface area contributed by atoms with Crippen LogP contribution in [0.25, 0.3) is 10.9 Å². The van der Waals surface area contributed by atoms with E-state index in [1.807, 2.05) is 0 Å². The highest BCUT2D eigenvalue weighted by Gasteiger charge is 2.22. The van der Waals surface area contributed by atoms with E-state index in [-0.39, 0.29) is 18.5 Å². The summed E-state index contributed by atoms with van der Waals surface area (Å²) in [6.07, 6.45) is -0.201. The van der Waals surface area contributed by atoms with Gasteiger partial charge in [-0.2, -0.15) is 0 Å². The van der Waals surface area contributed by atoms with Gasteiger partial charge in [0.05, 0.1) is 10.5 Å². The molecule has 1 heterocycles. The van der Waals surface area contributed by atoms with E-state index in [0.717, 1.165) is 5.39 Å². The van der Waals surface area contributed by atoms with E-state index in [4.69, 9.17) is 22.4 Å². The van der Waals surface area contributed by atoms with Crippen LogP contribution in [0.15, 0.2) is 24.3 Å². The second kappa shape index (κ2) is 6.48. The van der Waals surface area contributed by atoms with Crippen molar-refractivity contribution in [3.8, 4) is 0 Å². The molecular formula is C14H14ClN3O4. The molecule has 0 fully saturated rings. The molecular weight excluding hydrogens is 310 g/mol. The predicted octanol–water partition coefficient (Wildman–Crippen LogP) is 1.27. The number of nitrogens with two attached hydrogens (primary N) is 1. The Morgan fingerprint density at radius 1 is 1.36 bits per heavy atom. The molecule has 0 radical (unpaired) electrons. The summed E-state index contributed by atoms with van der Waals surface area (Å²) in [6, 6.07) is 5.57. The van der Waals surface area contributed by atoms with Crippen LogP contribution in [0.2, 0.25) is 5.02 Å². The van der Waals surface area contributed by atoms with E-state index in [1.165, 1.54) is 0 Å². The second-order valence-electron chi connectivity index (χ2n) is 4.76. The lowest BCUT2D eigenvalue weighted by Crippen LogP contribution is -2.41. The predicted molar refractivity (Wildman–Crippen MR) is 80.6 cm³/mol. The molecule has 1 unspecified atom stereocenters. The van der Waals surface area contributed by atoms with Gasteiger partial charge in [-0.3, -0.25) is 9.59 Å². The summed E-state index contributed by atoms with van der Waals surface area (Å²) in [5, 5.41) is 12.6. The fraction of sp³-hybridized carbons (Fsp3) is 0.214. The highest BCUT2D eigenvalue weighted by molar-refractivity contribution is 6.35. The Morgan fingerprint density at radius 3 is 2.68 bits per heavy atom. The number of nitrogens with one attached hydrogen (secondary N) is 2. The van der Waals surface area contributed by atoms with Crippen molar-refractivity contribution in [3.63, 3.8) is 0 Å². The Morgan fingerprint density at radius 2 is 2.09 bits per heavy atom. The highest BCUT2D eigenvalue weighted by Crippen LogP contribution is 2.23. The standard InChI is InChI=1S/C14H14ClN3O4/c15-8-3-1-2-7-6-10(17-12(7)8)13(20)18-9(14(21)22)4-5-11(16)19/h1-3,6,9,17H,4-5H2,(H2,16,19)(H,18,20)(H,21,22). The van der Waals surface area contributed by atoms with Crippen LogP contribution in [0.3, 0.4) is 0 Å². The van der Waals surface area contributed by atoms with Crippen molar-refractivity contribution in [2.75, 3.05) is 0 Å². The Labute approximate surface area is 130 Å². The van der Waals surface area contributed by atoms with Gasteiger partial charge in [-0.15, -0.1) is 0 Å². The molecule has 0 spiro atoms. The van der Waals surface area contributed by atoms with Gasteiger partial charge in [0.2, 0.25) is 5.91 Å². The quantitative estimate of drug-likeness (QED) is 0.638. The number of hydrogen-bond donors (Lipinski definition) is 4. The van der Waals surface area contributed by atoms with Crippen LogP contribution in [0.5, 0.6) is 0 Å². The van der Waals surface area contributed by atoms with Crippen LogP contribution in [0.4, 0.5) is 0 Å². The number of fused-ring (bicyclic) bond motifs is 1. The van der Waals surface area contributed by atoms with E-state index in [1.54, 1.807) is 24.3 Å². The molecule has 0 saturated heterocycles. The van der Waals surface area contributed by atoms with Crippen molar-refractivity contribution in [2.45, 2.75) is 18.9 Å². The number of rotatable bonds is 6. The van der Waals surface area contributed by atoms with Gasteiger partial charge < -0.3 is 21.1 Å². The smallest absolute Gasteiger partial charge is 0.326 e. The van der Waals surface area contributed by atoms with E-state index in [0.29, 0.717) is 10.5 Å². The molecule has 0 aliphatic rings. The lowest BCUT2D eigenvalue weighted by molar-refractivity contribution is -0.139. The van der Waals surface area contributed by atoms with E-state index in [9.17, 15) is 14.4 Å². The van der Waals surface area contributed by atoms with Gasteiger partial charge in [-0.05, 0) is 18.6 Å². The van der Waals surface area contributed by atoms with Gasteiger partial charge in [0.15, 0.2) is 0 Å². The zero-order chi connectivity index (χ0) is 16.3. The molecule has 22 heavy (non-hydrogen) atoms. The number of aromatic nitrogens is 1. The molecule has 7 nitrogen and oxygen atoms in total. The summed E-state index contributed by atoms with van der Waals surface area (Å²) in [5.74, 6) is -2.45. The molecule has 1 atom stereocenters. The number of para-hydroxylation sites is 1. The van der Waals surface area contributed by atoms with Gasteiger partial charge >= 0.3 is 5.97 Å². The summed E-state index contributed by atoms with van der Waals surface area (Å²) in [4.78, 5) is 36.8. The number of carbonyl (C=O) groups excluding carboxylic acids is 2. The van der Waals surface area contributed by atoms with Crippen LogP contribution in [0, 0.1) is 0 Å². The fourth-order valence-corrected chi connectivity index (χ4v) is 2.25. The van der Waals surface area contributed by atoms with Crippen LogP contribution >= 0.6 is 11.6 Å². The van der Waals surface area contributed by atoms with Crippen LogP contribution in [-0.4, -0.2) is 33.9 Å². The number of hydrogen-bond acceptors (Lipinski definition) is 3. The van der Waals surface area contributed by atoms with Gasteiger partial charge in [-0.1, -0.05) is 23.7 Å². The topological polar surface area (TPSA) is 125 Å². The maximum absolute atomic E-state index is 12.1. The Balaban J connectivity index is 2.16. The molecule has 2 amide bonds. The zero-order valence-electron chi connectivity index (χ0n) is 11.4. The lowest BCUT2D eigenvalue weighted by atomic mass is 10.1. The molecule has 1 aromatic heterocycles. The van der Waals surface area contributed by atoms with Gasteiger partial charge in [0.1, 0.15) is 11.7 Å². The van der Waals surface area contributed by atoms with E-state index in [2.05, 4.69) is 10.3 Å². The van der Waals surface area contributed by atoms with Crippen LogP contribution in [0.1, 0.15) is 23.3 Å². The number of carbonyl (C=O) groups is 3. The number of halogens is 1. The summed E-state index contributed by atoms with van der Waals surface area (Å²) in [7, 11) is 0. The van der Waals surface area contributed by atoms with Gasteiger partial charge in [-0.25, -0.2) is 4.79 Å². The first-order valence-corrected chi connectivity index (χ1v) is 6.85. The molecule has 0 aliphatic heterocycles. The Hall–Kier alpha value is -2.54. The normalized spacial score (nSPS) is 12.0. The molecule has 116 valence electrons. The highest BCUT2D eigenvalue weighted by atomic mass is 35.5. The number of benzene rings is 1. The molecule has 0 aliphatic carbocycles. The average molecular weight is 324 g/mol. The van der Waals surface area contributed by atoms with Crippen molar-refractivity contribution < 1.29 is 19.5 Å². The maximum Gasteiger partial charge on any atom is 0.326 e. The maximum atomic E-state index is 12.1. The molecule has 0 bridgehead atoms. The summed E-state index contributed by atoms with van der Waals surface area (Å²) in [6.45, 7) is 0. The molecule has 2 aromatic rings. The second-order valence-corrected chi connectivity index (χ2v) is 5.16. The number of aliphatic carboxylic acids is 1. The zero-order valence-corrected chi connectivity index (χ0v) is 12.2. The summed E-state index contributed by atoms with van der Waals surface area (Å²) < 4.78 is 0. The third-order valence-electron chi connectivity index (χ3n) is 3.13. The fourth-order valence-electron chi connectivity index (χ4n) is 2.02. The van der Waals surface area contributed by atoms with Crippen molar-refractivity contribution in [1.82, 2.24) is 10.3 Å². The number of carboxylic acid groups (broad SMARTS) is 1. The van der Waals surface area contributed by atoms with Crippen molar-refractivity contribution in [1.29, 1.82) is 0 Å². The van der Waals surface area contributed by atoms with Crippen molar-refractivity contribution >= 4 is 40.3 Å². The molecule has 5 N–H and O–H groups in total. The van der Waals surface area contributed by atoms with Gasteiger partial charge in [0.25, 0.3) is 5.91 Å². The monoisotopic (exact) mass is 323 g/mol. The Bertz CT molecular complexity index is 741. The van der Waals surface area contributed by atoms with Gasteiger partial charge in [0, 0.05) is 11.8 Å². The van der Waals surface area contributed by atoms with Crippen molar-refractivity contribution in [3.05, 3.63) is 35.0 Å². The number of amides is 2. The number of aromatic amines is 1. The molecule has 0 saturated carbocycles. The third kappa shape index (κ3) is 3.56. The first-order chi connectivity index (χ1) is 10.4. The third-order valence-corrected chi connectivity index (χ3v) is 3.45. The molecule has 2 rings (SSSR count). The first-order valence-electron chi connectivity index (χ1n) is 6.47. The SMILES string of the molecule is NC(=O)CCC(NC(=O)c1cc2cccc(Cl)c2[nH]1)C(=O)O. The minimum absolute atomic E-state index is 0.0720. The minimum Gasteiger partial charge on any atom is -0.480 e. The summed E-state index contributed by atoms with van der Waals surface area (Å²) in [5.41, 5.74) is 5.77. The molecule has 8 heteroatoms. The minimum atomic E-state index is -1.23. The number of primary amides is 1. The number of H-pyrrole nitrogens is 1. The molecule has 1 aromatic carbocycles. The van der Waals surface area contributed by atoms with E-state index >= 15 is 0 Å². The number of carboxylic acids is 1. The largest absolute Gasteiger partial charge is 0.480 e. The summed E-state index contributed by atoms with van der Waals surface area (Å²) >= 11 is 6.01. The van der Waals surface area contributed by atoms with Crippen LogP contribution < -0.4 is 11.1 Å². The first kappa shape index (κ1) is 15.8. The van der Waals surface area contributed by atoms with Crippen LogP contribution in [-0.2, 0) is 9.59 Å². The van der Waals surface area contributed by atoms with E-state index < -0.39 is 23.8 Å². The average Bonchev–Trinajstić information content (AvgIpc) is 2.88.